The van der Waals surface area contributed by atoms with Crippen LogP contribution in [0.15, 0.2) is 6.20 Å². The van der Waals surface area contributed by atoms with Crippen molar-refractivity contribution in [2.24, 2.45) is 0 Å². The summed E-state index contributed by atoms with van der Waals surface area (Å²) in [5, 5.41) is 19.4. The maximum absolute atomic E-state index is 12.4. The Balaban J connectivity index is 3.35. The van der Waals surface area contributed by atoms with Gasteiger partial charge < -0.3 is 9.84 Å². The lowest BCUT2D eigenvalue weighted by atomic mass is 10.2. The van der Waals surface area contributed by atoms with E-state index in [2.05, 4.69) is 9.72 Å². The number of aromatic hydroxyl groups is 1. The van der Waals surface area contributed by atoms with Gasteiger partial charge in [0.25, 0.3) is 12.3 Å². The Morgan fingerprint density at radius 2 is 2.00 bits per heavy atom. The van der Waals surface area contributed by atoms with Gasteiger partial charge in [0.15, 0.2) is 5.75 Å². The molecule has 1 N–H and O–H groups in total. The smallest absolute Gasteiger partial charge is 0.503 e. The highest BCUT2D eigenvalue weighted by Gasteiger charge is 2.36. The zero-order chi connectivity index (χ0) is 14.1. The molecule has 18 heavy (non-hydrogen) atoms. The van der Waals surface area contributed by atoms with Gasteiger partial charge in [0, 0.05) is 0 Å². The molecule has 1 aromatic rings. The molecule has 0 amide bonds. The number of alkyl halides is 5. The molecule has 1 rings (SSSR count). The van der Waals surface area contributed by atoms with E-state index in [0.717, 1.165) is 0 Å². The SMILES string of the molecule is O=[N+]([O-])c1cnc(OC(F)(F)F)c(O)c1C(F)F. The molecule has 0 saturated heterocycles. The highest BCUT2D eigenvalue weighted by molar-refractivity contribution is 5.52. The second kappa shape index (κ2) is 4.58. The average Bonchev–Trinajstić information content (AvgIpc) is 2.17. The summed E-state index contributed by atoms with van der Waals surface area (Å²) in [5.41, 5.74) is -2.90. The molecule has 6 nitrogen and oxygen atoms in total. The van der Waals surface area contributed by atoms with Gasteiger partial charge in [-0.1, -0.05) is 0 Å². The van der Waals surface area contributed by atoms with Crippen molar-refractivity contribution < 1.29 is 36.7 Å². The molecule has 0 aliphatic heterocycles. The zero-order valence-electron chi connectivity index (χ0n) is 8.11. The van der Waals surface area contributed by atoms with Crippen LogP contribution in [0.3, 0.4) is 0 Å². The van der Waals surface area contributed by atoms with Gasteiger partial charge in [-0.25, -0.2) is 13.8 Å². The molecular weight excluding hydrogens is 271 g/mol. The van der Waals surface area contributed by atoms with Crippen molar-refractivity contribution in [2.45, 2.75) is 12.8 Å². The van der Waals surface area contributed by atoms with Gasteiger partial charge in [0.1, 0.15) is 11.8 Å². The maximum Gasteiger partial charge on any atom is 0.574 e. The Bertz CT molecular complexity index is 476. The van der Waals surface area contributed by atoms with Crippen LogP contribution in [-0.2, 0) is 0 Å². The fourth-order valence-corrected chi connectivity index (χ4v) is 1.03. The molecule has 0 bridgehead atoms. The average molecular weight is 274 g/mol. The fraction of sp³-hybridized carbons (Fsp3) is 0.286. The van der Waals surface area contributed by atoms with Crippen molar-refractivity contribution in [1.82, 2.24) is 4.98 Å². The molecule has 0 aliphatic carbocycles. The van der Waals surface area contributed by atoms with Gasteiger partial charge in [-0.3, -0.25) is 10.1 Å². The van der Waals surface area contributed by atoms with Crippen LogP contribution >= 0.6 is 0 Å². The predicted molar refractivity (Wildman–Crippen MR) is 44.2 cm³/mol. The topological polar surface area (TPSA) is 85.5 Å². The Kier molecular flexibility index (Phi) is 3.53. The molecule has 0 fully saturated rings. The Hall–Kier alpha value is -2.20. The first-order valence-electron chi connectivity index (χ1n) is 4.03. The van der Waals surface area contributed by atoms with Crippen LogP contribution in [0.4, 0.5) is 27.6 Å². The molecule has 1 aromatic heterocycles. The molecule has 0 saturated carbocycles. The number of ether oxygens (including phenoxy) is 1. The number of hydrogen-bond donors (Lipinski definition) is 1. The van der Waals surface area contributed by atoms with Crippen LogP contribution in [0, 0.1) is 10.1 Å². The minimum atomic E-state index is -5.28. The monoisotopic (exact) mass is 274 g/mol. The lowest BCUT2D eigenvalue weighted by Gasteiger charge is -2.11. The molecule has 0 aliphatic rings. The Morgan fingerprint density at radius 3 is 2.39 bits per heavy atom. The third kappa shape index (κ3) is 2.93. The lowest BCUT2D eigenvalue weighted by Crippen LogP contribution is -2.18. The van der Waals surface area contributed by atoms with E-state index in [-0.39, 0.29) is 6.20 Å². The molecule has 11 heteroatoms. The van der Waals surface area contributed by atoms with Crippen molar-refractivity contribution >= 4 is 5.69 Å². The van der Waals surface area contributed by atoms with Crippen LogP contribution in [0.5, 0.6) is 11.6 Å². The van der Waals surface area contributed by atoms with E-state index in [1.54, 1.807) is 0 Å². The summed E-state index contributed by atoms with van der Waals surface area (Å²) in [6.07, 6.45) is -8.70. The predicted octanol–water partition coefficient (Wildman–Crippen LogP) is 2.53. The largest absolute Gasteiger partial charge is 0.574 e. The summed E-state index contributed by atoms with van der Waals surface area (Å²) in [7, 11) is 0. The number of hydrogen-bond acceptors (Lipinski definition) is 5. The van der Waals surface area contributed by atoms with E-state index < -0.39 is 40.6 Å². The third-order valence-electron chi connectivity index (χ3n) is 1.67. The molecular formula is C7H3F5N2O4. The first kappa shape index (κ1) is 13.9. The number of nitrogens with zero attached hydrogens (tertiary/aromatic N) is 2. The second-order valence-corrected chi connectivity index (χ2v) is 2.82. The van der Waals surface area contributed by atoms with Crippen LogP contribution in [0.2, 0.25) is 0 Å². The highest BCUT2D eigenvalue weighted by atomic mass is 19.4. The van der Waals surface area contributed by atoms with E-state index in [4.69, 9.17) is 5.11 Å². The van der Waals surface area contributed by atoms with Crippen molar-refractivity contribution in [1.29, 1.82) is 0 Å². The van der Waals surface area contributed by atoms with Crippen LogP contribution < -0.4 is 4.74 Å². The third-order valence-corrected chi connectivity index (χ3v) is 1.67. The highest BCUT2D eigenvalue weighted by Crippen LogP contribution is 2.41. The van der Waals surface area contributed by atoms with Crippen molar-refractivity contribution in [3.63, 3.8) is 0 Å². The number of rotatable bonds is 3. The molecule has 100 valence electrons. The fourth-order valence-electron chi connectivity index (χ4n) is 1.03. The van der Waals surface area contributed by atoms with Crippen molar-refractivity contribution in [2.75, 3.05) is 0 Å². The van der Waals surface area contributed by atoms with Gasteiger partial charge >= 0.3 is 12.0 Å². The first-order chi connectivity index (χ1) is 8.13. The minimum Gasteiger partial charge on any atom is -0.503 e. The van der Waals surface area contributed by atoms with E-state index >= 15 is 0 Å². The van der Waals surface area contributed by atoms with Crippen LogP contribution in [0.1, 0.15) is 12.0 Å². The summed E-state index contributed by atoms with van der Waals surface area (Å²) < 4.78 is 63.5. The molecule has 0 radical (unpaired) electrons. The van der Waals surface area contributed by atoms with E-state index in [1.165, 1.54) is 0 Å². The molecule has 1 heterocycles. The van der Waals surface area contributed by atoms with Crippen molar-refractivity contribution in [3.8, 4) is 11.6 Å². The second-order valence-electron chi connectivity index (χ2n) is 2.82. The maximum atomic E-state index is 12.4. The van der Waals surface area contributed by atoms with E-state index in [9.17, 15) is 32.1 Å². The Morgan fingerprint density at radius 1 is 1.44 bits per heavy atom. The summed E-state index contributed by atoms with van der Waals surface area (Å²) in [4.78, 5) is 11.8. The van der Waals surface area contributed by atoms with Gasteiger partial charge in [-0.05, 0) is 0 Å². The van der Waals surface area contributed by atoms with Crippen molar-refractivity contribution in [3.05, 3.63) is 21.9 Å². The molecule has 0 spiro atoms. The molecule has 0 atom stereocenters. The quantitative estimate of drug-likeness (QED) is 0.520. The van der Waals surface area contributed by atoms with Crippen LogP contribution in [0.25, 0.3) is 0 Å². The summed E-state index contributed by atoms with van der Waals surface area (Å²) in [6.45, 7) is 0. The van der Waals surface area contributed by atoms with Gasteiger partial charge in [0.05, 0.1) is 4.92 Å². The number of nitro groups is 1. The number of pyridine rings is 1. The van der Waals surface area contributed by atoms with Gasteiger partial charge in [-0.2, -0.15) is 0 Å². The summed E-state index contributed by atoms with van der Waals surface area (Å²) >= 11 is 0. The van der Waals surface area contributed by atoms with E-state index in [1.807, 2.05) is 0 Å². The lowest BCUT2D eigenvalue weighted by molar-refractivity contribution is -0.386. The number of aromatic nitrogens is 1. The summed E-state index contributed by atoms with van der Waals surface area (Å²) in [5.74, 6) is -3.31. The minimum absolute atomic E-state index is 0.141. The molecule has 0 aromatic carbocycles. The van der Waals surface area contributed by atoms with Crippen LogP contribution in [-0.4, -0.2) is 21.4 Å². The first-order valence-corrected chi connectivity index (χ1v) is 4.03. The number of halogens is 5. The van der Waals surface area contributed by atoms with Gasteiger partial charge in [-0.15, -0.1) is 13.2 Å². The normalized spacial score (nSPS) is 11.7. The van der Waals surface area contributed by atoms with Gasteiger partial charge in [0.2, 0.25) is 0 Å². The standard InChI is InChI=1S/C7H3F5N2O4/c8-5(9)3-2(14(16)17)1-13-6(4(3)15)18-7(10,11)12/h1,5,15H. The Labute approximate surface area is 94.8 Å². The summed E-state index contributed by atoms with van der Waals surface area (Å²) in [6, 6.07) is 0. The van der Waals surface area contributed by atoms with E-state index in [0.29, 0.717) is 0 Å². The zero-order valence-corrected chi connectivity index (χ0v) is 8.11. The molecule has 0 unspecified atom stereocenters.